The van der Waals surface area contributed by atoms with Crippen molar-refractivity contribution in [2.45, 2.75) is 29.5 Å². The number of carbonyl (C=O) groups is 1. The van der Waals surface area contributed by atoms with Crippen LogP contribution < -0.4 is 5.32 Å². The molecule has 0 saturated heterocycles. The molecule has 2 nitrogen and oxygen atoms in total. The first-order valence-corrected chi connectivity index (χ1v) is 7.82. The SMILES string of the molecule is CC(NC(=O)C1Cc2ccccc2S1)c1ccc(F)cc1. The number of rotatable bonds is 3. The monoisotopic (exact) mass is 301 g/mol. The Labute approximate surface area is 127 Å². The molecular weight excluding hydrogens is 285 g/mol. The lowest BCUT2D eigenvalue weighted by molar-refractivity contribution is -0.121. The molecule has 0 spiro atoms. The molecule has 1 aliphatic heterocycles. The van der Waals surface area contributed by atoms with Crippen molar-refractivity contribution in [3.63, 3.8) is 0 Å². The molecule has 0 aromatic heterocycles. The van der Waals surface area contributed by atoms with Crippen LogP contribution in [0.3, 0.4) is 0 Å². The summed E-state index contributed by atoms with van der Waals surface area (Å²) in [5.41, 5.74) is 2.14. The number of thioether (sulfide) groups is 1. The van der Waals surface area contributed by atoms with Crippen molar-refractivity contribution in [3.05, 3.63) is 65.5 Å². The average Bonchev–Trinajstić information content (AvgIpc) is 2.92. The minimum absolute atomic E-state index is 0.0352. The van der Waals surface area contributed by atoms with E-state index in [0.717, 1.165) is 12.0 Å². The molecule has 0 fully saturated rings. The molecule has 0 radical (unpaired) electrons. The minimum atomic E-state index is -0.265. The molecule has 0 aliphatic carbocycles. The summed E-state index contributed by atoms with van der Waals surface area (Å²) in [6.07, 6.45) is 0.767. The first-order valence-electron chi connectivity index (χ1n) is 6.94. The van der Waals surface area contributed by atoms with E-state index in [4.69, 9.17) is 0 Å². The third-order valence-corrected chi connectivity index (χ3v) is 4.99. The topological polar surface area (TPSA) is 29.1 Å². The van der Waals surface area contributed by atoms with Crippen molar-refractivity contribution >= 4 is 17.7 Å². The molecule has 108 valence electrons. The maximum atomic E-state index is 12.9. The zero-order valence-corrected chi connectivity index (χ0v) is 12.5. The molecule has 4 heteroatoms. The fourth-order valence-corrected chi connectivity index (χ4v) is 3.67. The van der Waals surface area contributed by atoms with Gasteiger partial charge in [-0.3, -0.25) is 4.79 Å². The van der Waals surface area contributed by atoms with Gasteiger partial charge in [-0.2, -0.15) is 0 Å². The van der Waals surface area contributed by atoms with Crippen LogP contribution in [0.2, 0.25) is 0 Å². The summed E-state index contributed by atoms with van der Waals surface area (Å²) < 4.78 is 12.9. The molecule has 2 aromatic rings. The van der Waals surface area contributed by atoms with Gasteiger partial charge in [0.05, 0.1) is 11.3 Å². The standard InChI is InChI=1S/C17H16FNOS/c1-11(12-6-8-14(18)9-7-12)19-17(20)16-10-13-4-2-3-5-15(13)21-16/h2-9,11,16H,10H2,1H3,(H,19,20). The van der Waals surface area contributed by atoms with Crippen LogP contribution in [0.4, 0.5) is 4.39 Å². The van der Waals surface area contributed by atoms with Crippen molar-refractivity contribution in [1.82, 2.24) is 5.32 Å². The predicted octanol–water partition coefficient (Wildman–Crippen LogP) is 3.72. The Hall–Kier alpha value is -1.81. The van der Waals surface area contributed by atoms with Crippen LogP contribution in [0.15, 0.2) is 53.4 Å². The normalized spacial score (nSPS) is 18.1. The van der Waals surface area contributed by atoms with E-state index in [2.05, 4.69) is 17.4 Å². The predicted molar refractivity (Wildman–Crippen MR) is 82.7 cm³/mol. The first kappa shape index (κ1) is 14.1. The summed E-state index contributed by atoms with van der Waals surface area (Å²) in [4.78, 5) is 13.5. The van der Waals surface area contributed by atoms with Gasteiger partial charge in [-0.25, -0.2) is 4.39 Å². The fourth-order valence-electron chi connectivity index (χ4n) is 2.47. The third-order valence-electron chi connectivity index (χ3n) is 3.67. The highest BCUT2D eigenvalue weighted by Crippen LogP contribution is 2.37. The van der Waals surface area contributed by atoms with Crippen LogP contribution in [0.1, 0.15) is 24.1 Å². The summed E-state index contributed by atoms with van der Waals surface area (Å²) in [6, 6.07) is 14.2. The molecule has 0 bridgehead atoms. The van der Waals surface area contributed by atoms with Crippen LogP contribution in [-0.2, 0) is 11.2 Å². The highest BCUT2D eigenvalue weighted by Gasteiger charge is 2.28. The number of hydrogen-bond donors (Lipinski definition) is 1. The second-order valence-electron chi connectivity index (χ2n) is 5.20. The number of halogens is 1. The lowest BCUT2D eigenvalue weighted by Gasteiger charge is -2.17. The maximum absolute atomic E-state index is 12.9. The molecule has 1 amide bonds. The molecule has 0 saturated carbocycles. The molecule has 3 rings (SSSR count). The van der Waals surface area contributed by atoms with Gasteiger partial charge >= 0.3 is 0 Å². The summed E-state index contributed by atoms with van der Waals surface area (Å²) in [5, 5.41) is 2.93. The van der Waals surface area contributed by atoms with Crippen molar-refractivity contribution in [1.29, 1.82) is 0 Å². The summed E-state index contributed by atoms with van der Waals surface area (Å²) in [7, 11) is 0. The molecule has 1 aliphatic rings. The lowest BCUT2D eigenvalue weighted by Crippen LogP contribution is -2.34. The number of hydrogen-bond acceptors (Lipinski definition) is 2. The van der Waals surface area contributed by atoms with E-state index in [0.29, 0.717) is 0 Å². The largest absolute Gasteiger partial charge is 0.349 e. The molecule has 2 atom stereocenters. The van der Waals surface area contributed by atoms with E-state index in [1.165, 1.54) is 22.6 Å². The van der Waals surface area contributed by atoms with Crippen LogP contribution >= 0.6 is 11.8 Å². The average molecular weight is 301 g/mol. The molecule has 2 unspecified atom stereocenters. The van der Waals surface area contributed by atoms with Gasteiger partial charge in [0.1, 0.15) is 5.82 Å². The number of benzene rings is 2. The van der Waals surface area contributed by atoms with Gasteiger partial charge in [0.15, 0.2) is 0 Å². The molecule has 21 heavy (non-hydrogen) atoms. The Kier molecular flexibility index (Phi) is 3.97. The Balaban J connectivity index is 1.64. The Bertz CT molecular complexity index is 631. The van der Waals surface area contributed by atoms with E-state index < -0.39 is 0 Å². The second-order valence-corrected chi connectivity index (χ2v) is 6.44. The molecule has 1 heterocycles. The van der Waals surface area contributed by atoms with Crippen molar-refractivity contribution in [3.8, 4) is 0 Å². The van der Waals surface area contributed by atoms with E-state index in [-0.39, 0.29) is 23.0 Å². The van der Waals surface area contributed by atoms with Gasteiger partial charge in [0, 0.05) is 4.90 Å². The van der Waals surface area contributed by atoms with Crippen LogP contribution in [0.25, 0.3) is 0 Å². The van der Waals surface area contributed by atoms with Crippen molar-refractivity contribution in [2.75, 3.05) is 0 Å². The number of fused-ring (bicyclic) bond motifs is 1. The summed E-state index contributed by atoms with van der Waals surface area (Å²) in [5.74, 6) is -0.230. The zero-order valence-electron chi connectivity index (χ0n) is 11.7. The molecule has 2 aromatic carbocycles. The molecular formula is C17H16FNOS. The first-order chi connectivity index (χ1) is 10.1. The smallest absolute Gasteiger partial charge is 0.234 e. The minimum Gasteiger partial charge on any atom is -0.349 e. The highest BCUT2D eigenvalue weighted by atomic mass is 32.2. The van der Waals surface area contributed by atoms with Gasteiger partial charge < -0.3 is 5.32 Å². The van der Waals surface area contributed by atoms with Gasteiger partial charge in [0.25, 0.3) is 0 Å². The Morgan fingerprint density at radius 3 is 2.67 bits per heavy atom. The summed E-state index contributed by atoms with van der Waals surface area (Å²) in [6.45, 7) is 1.91. The Morgan fingerprint density at radius 2 is 1.95 bits per heavy atom. The zero-order chi connectivity index (χ0) is 14.8. The van der Waals surface area contributed by atoms with Crippen LogP contribution in [0.5, 0.6) is 0 Å². The van der Waals surface area contributed by atoms with Gasteiger partial charge in [-0.15, -0.1) is 11.8 Å². The maximum Gasteiger partial charge on any atom is 0.234 e. The van der Waals surface area contributed by atoms with Gasteiger partial charge in [0.2, 0.25) is 5.91 Å². The van der Waals surface area contributed by atoms with Crippen LogP contribution in [0, 0.1) is 5.82 Å². The Morgan fingerprint density at radius 1 is 1.24 bits per heavy atom. The number of carbonyl (C=O) groups excluding carboxylic acids is 1. The van der Waals surface area contributed by atoms with E-state index in [1.54, 1.807) is 23.9 Å². The van der Waals surface area contributed by atoms with E-state index >= 15 is 0 Å². The fraction of sp³-hybridized carbons (Fsp3) is 0.235. The van der Waals surface area contributed by atoms with Crippen molar-refractivity contribution < 1.29 is 9.18 Å². The van der Waals surface area contributed by atoms with Gasteiger partial charge in [-0.05, 0) is 42.7 Å². The van der Waals surface area contributed by atoms with Crippen LogP contribution in [-0.4, -0.2) is 11.2 Å². The quantitative estimate of drug-likeness (QED) is 0.936. The van der Waals surface area contributed by atoms with Crippen molar-refractivity contribution in [2.24, 2.45) is 0 Å². The van der Waals surface area contributed by atoms with E-state index in [1.807, 2.05) is 19.1 Å². The lowest BCUT2D eigenvalue weighted by atomic mass is 10.1. The number of amides is 1. The van der Waals surface area contributed by atoms with E-state index in [9.17, 15) is 9.18 Å². The third kappa shape index (κ3) is 3.10. The second kappa shape index (κ2) is 5.90. The number of nitrogens with one attached hydrogen (secondary N) is 1. The van der Waals surface area contributed by atoms with Gasteiger partial charge in [-0.1, -0.05) is 30.3 Å². The molecule has 1 N–H and O–H groups in total. The summed E-state index contributed by atoms with van der Waals surface area (Å²) >= 11 is 1.61. The highest BCUT2D eigenvalue weighted by molar-refractivity contribution is 8.01.